The van der Waals surface area contributed by atoms with E-state index >= 15 is 0 Å². The van der Waals surface area contributed by atoms with E-state index in [2.05, 4.69) is 14.9 Å². The van der Waals surface area contributed by atoms with Gasteiger partial charge in [-0.3, -0.25) is 9.78 Å². The summed E-state index contributed by atoms with van der Waals surface area (Å²) in [6.07, 6.45) is 5.02. The second kappa shape index (κ2) is 6.32. The predicted molar refractivity (Wildman–Crippen MR) is 86.3 cm³/mol. The summed E-state index contributed by atoms with van der Waals surface area (Å²) in [6.45, 7) is 4.82. The van der Waals surface area contributed by atoms with Crippen molar-refractivity contribution >= 4 is 23.3 Å². The number of aryl methyl sites for hydroxylation is 1. The monoisotopic (exact) mass is 316 g/mol. The van der Waals surface area contributed by atoms with Crippen molar-refractivity contribution in [1.29, 1.82) is 0 Å². The normalized spacial score (nSPS) is 15.0. The third-order valence-electron chi connectivity index (χ3n) is 3.72. The lowest BCUT2D eigenvalue weighted by atomic mass is 10.2. The number of carbonyl (C=O) groups excluding carboxylic acids is 1. The van der Waals surface area contributed by atoms with Crippen LogP contribution in [0.5, 0.6) is 0 Å². The van der Waals surface area contributed by atoms with Crippen LogP contribution in [0.4, 0.5) is 5.82 Å². The van der Waals surface area contributed by atoms with Crippen molar-refractivity contribution in [2.24, 2.45) is 0 Å². The number of rotatable bonds is 2. The van der Waals surface area contributed by atoms with Gasteiger partial charge in [-0.05, 0) is 30.7 Å². The average Bonchev–Trinajstić information content (AvgIpc) is 2.55. The zero-order chi connectivity index (χ0) is 15.5. The minimum absolute atomic E-state index is 0.0416. The summed E-state index contributed by atoms with van der Waals surface area (Å²) in [7, 11) is 0. The second-order valence-electron chi connectivity index (χ2n) is 5.36. The highest BCUT2D eigenvalue weighted by atomic mass is 35.5. The lowest BCUT2D eigenvalue weighted by Crippen LogP contribution is -2.49. The number of amides is 1. The number of halogens is 1. The van der Waals surface area contributed by atoms with Crippen molar-refractivity contribution in [2.45, 2.75) is 6.92 Å². The van der Waals surface area contributed by atoms with Crippen LogP contribution < -0.4 is 4.90 Å². The molecule has 3 heterocycles. The van der Waals surface area contributed by atoms with Crippen LogP contribution in [0.2, 0.25) is 5.02 Å². The number of anilines is 1. The molecule has 2 aromatic rings. The van der Waals surface area contributed by atoms with Gasteiger partial charge in [-0.25, -0.2) is 4.98 Å². The van der Waals surface area contributed by atoms with Gasteiger partial charge < -0.3 is 9.80 Å². The number of hydrogen-bond acceptors (Lipinski definition) is 4. The molecule has 0 aromatic carbocycles. The summed E-state index contributed by atoms with van der Waals surface area (Å²) < 4.78 is 0. The van der Waals surface area contributed by atoms with E-state index in [0.29, 0.717) is 23.7 Å². The molecule has 5 nitrogen and oxygen atoms in total. The standard InChI is InChI=1S/C16H17ClN4O/c1-12-8-13(10-18-9-12)16(22)21-6-4-20(5-7-21)15-3-2-14(17)11-19-15/h2-3,8-11H,4-7H2,1H3. The minimum Gasteiger partial charge on any atom is -0.353 e. The van der Waals surface area contributed by atoms with Crippen molar-refractivity contribution in [2.75, 3.05) is 31.1 Å². The molecule has 1 fully saturated rings. The van der Waals surface area contributed by atoms with Gasteiger partial charge in [0.1, 0.15) is 5.82 Å². The van der Waals surface area contributed by atoms with Crippen LogP contribution in [0, 0.1) is 6.92 Å². The number of aromatic nitrogens is 2. The Bertz CT molecular complexity index is 666. The van der Waals surface area contributed by atoms with Gasteiger partial charge in [0, 0.05) is 44.8 Å². The number of pyridine rings is 2. The molecule has 0 saturated carbocycles. The van der Waals surface area contributed by atoms with Gasteiger partial charge in [-0.15, -0.1) is 0 Å². The van der Waals surface area contributed by atoms with Gasteiger partial charge in [0.2, 0.25) is 0 Å². The summed E-state index contributed by atoms with van der Waals surface area (Å²) in [5, 5.41) is 0.629. The molecule has 0 radical (unpaired) electrons. The van der Waals surface area contributed by atoms with Crippen molar-refractivity contribution in [3.63, 3.8) is 0 Å². The Morgan fingerprint density at radius 3 is 2.55 bits per heavy atom. The van der Waals surface area contributed by atoms with Gasteiger partial charge in [0.15, 0.2) is 0 Å². The third kappa shape index (κ3) is 3.20. The zero-order valence-electron chi connectivity index (χ0n) is 12.4. The van der Waals surface area contributed by atoms with Crippen molar-refractivity contribution < 1.29 is 4.79 Å². The van der Waals surface area contributed by atoms with E-state index in [1.807, 2.05) is 30.0 Å². The maximum Gasteiger partial charge on any atom is 0.255 e. The largest absolute Gasteiger partial charge is 0.353 e. The molecule has 0 atom stereocenters. The maximum atomic E-state index is 12.5. The fraction of sp³-hybridized carbons (Fsp3) is 0.312. The highest BCUT2D eigenvalue weighted by Crippen LogP contribution is 2.17. The van der Waals surface area contributed by atoms with Gasteiger partial charge in [-0.2, -0.15) is 0 Å². The summed E-state index contributed by atoms with van der Waals surface area (Å²) in [6, 6.07) is 5.62. The highest BCUT2D eigenvalue weighted by Gasteiger charge is 2.23. The fourth-order valence-electron chi connectivity index (χ4n) is 2.55. The first-order valence-corrected chi connectivity index (χ1v) is 7.59. The molecule has 1 saturated heterocycles. The molecule has 1 aliphatic rings. The lowest BCUT2D eigenvalue weighted by Gasteiger charge is -2.35. The van der Waals surface area contributed by atoms with Crippen LogP contribution in [0.3, 0.4) is 0 Å². The number of piperazine rings is 1. The van der Waals surface area contributed by atoms with Gasteiger partial charge in [-0.1, -0.05) is 11.6 Å². The van der Waals surface area contributed by atoms with Crippen LogP contribution in [-0.4, -0.2) is 47.0 Å². The second-order valence-corrected chi connectivity index (χ2v) is 5.80. The molecule has 0 N–H and O–H groups in total. The van der Waals surface area contributed by atoms with E-state index in [0.717, 1.165) is 24.5 Å². The van der Waals surface area contributed by atoms with Crippen LogP contribution in [0.25, 0.3) is 0 Å². The SMILES string of the molecule is Cc1cncc(C(=O)N2CCN(c3ccc(Cl)cn3)CC2)c1. The lowest BCUT2D eigenvalue weighted by molar-refractivity contribution is 0.0746. The van der Waals surface area contributed by atoms with Crippen molar-refractivity contribution in [1.82, 2.24) is 14.9 Å². The Hall–Kier alpha value is -2.14. The third-order valence-corrected chi connectivity index (χ3v) is 3.95. The molecule has 6 heteroatoms. The molecule has 114 valence electrons. The molecule has 3 rings (SSSR count). The molecule has 1 aliphatic heterocycles. The number of nitrogens with zero attached hydrogens (tertiary/aromatic N) is 4. The van der Waals surface area contributed by atoms with Crippen LogP contribution in [-0.2, 0) is 0 Å². The highest BCUT2D eigenvalue weighted by molar-refractivity contribution is 6.30. The molecule has 1 amide bonds. The predicted octanol–water partition coefficient (Wildman–Crippen LogP) is 2.40. The van der Waals surface area contributed by atoms with Crippen LogP contribution in [0.15, 0.2) is 36.8 Å². The Balaban J connectivity index is 1.64. The molecule has 0 bridgehead atoms. The van der Waals surface area contributed by atoms with Crippen LogP contribution in [0.1, 0.15) is 15.9 Å². The molecule has 2 aromatic heterocycles. The summed E-state index contributed by atoms with van der Waals surface area (Å²) >= 11 is 5.86. The Morgan fingerprint density at radius 2 is 1.91 bits per heavy atom. The molecule has 0 spiro atoms. The summed E-state index contributed by atoms with van der Waals surface area (Å²) in [5.74, 6) is 0.939. The van der Waals surface area contributed by atoms with Crippen LogP contribution >= 0.6 is 11.6 Å². The zero-order valence-corrected chi connectivity index (χ0v) is 13.1. The van der Waals surface area contributed by atoms with E-state index < -0.39 is 0 Å². The summed E-state index contributed by atoms with van der Waals surface area (Å²) in [4.78, 5) is 24.9. The van der Waals surface area contributed by atoms with E-state index in [1.54, 1.807) is 18.6 Å². The van der Waals surface area contributed by atoms with Gasteiger partial charge in [0.25, 0.3) is 5.91 Å². The number of hydrogen-bond donors (Lipinski definition) is 0. The molecular formula is C16H17ClN4O. The minimum atomic E-state index is 0.0416. The smallest absolute Gasteiger partial charge is 0.255 e. The molecule has 0 unspecified atom stereocenters. The van der Waals surface area contributed by atoms with E-state index in [1.165, 1.54) is 0 Å². The average molecular weight is 317 g/mol. The van der Waals surface area contributed by atoms with E-state index in [9.17, 15) is 4.79 Å². The first-order chi connectivity index (χ1) is 10.6. The first kappa shape index (κ1) is 14.8. The number of carbonyl (C=O) groups is 1. The molecular weight excluding hydrogens is 300 g/mol. The fourth-order valence-corrected chi connectivity index (χ4v) is 2.66. The van der Waals surface area contributed by atoms with Crippen molar-refractivity contribution in [3.05, 3.63) is 52.9 Å². The Morgan fingerprint density at radius 1 is 1.14 bits per heavy atom. The summed E-state index contributed by atoms with van der Waals surface area (Å²) in [5.41, 5.74) is 1.65. The topological polar surface area (TPSA) is 49.3 Å². The van der Waals surface area contributed by atoms with E-state index in [-0.39, 0.29) is 5.91 Å². The van der Waals surface area contributed by atoms with Crippen molar-refractivity contribution in [3.8, 4) is 0 Å². The molecule has 22 heavy (non-hydrogen) atoms. The Kier molecular flexibility index (Phi) is 4.24. The Labute approximate surface area is 134 Å². The van der Waals surface area contributed by atoms with Gasteiger partial charge in [0.05, 0.1) is 10.6 Å². The van der Waals surface area contributed by atoms with E-state index in [4.69, 9.17) is 11.6 Å². The maximum absolute atomic E-state index is 12.5. The first-order valence-electron chi connectivity index (χ1n) is 7.21. The molecule has 0 aliphatic carbocycles. The van der Waals surface area contributed by atoms with Gasteiger partial charge >= 0.3 is 0 Å². The quantitative estimate of drug-likeness (QED) is 0.853.